The van der Waals surface area contributed by atoms with Gasteiger partial charge in [0, 0.05) is 6.54 Å². The zero-order chi connectivity index (χ0) is 21.0. The molecule has 1 heterocycles. The van der Waals surface area contributed by atoms with E-state index in [4.69, 9.17) is 9.73 Å². The van der Waals surface area contributed by atoms with E-state index in [0.717, 1.165) is 23.2 Å². The van der Waals surface area contributed by atoms with Crippen molar-refractivity contribution in [3.05, 3.63) is 56.9 Å². The molecule has 7 heteroatoms. The van der Waals surface area contributed by atoms with Crippen molar-refractivity contribution in [2.24, 2.45) is 4.99 Å². The van der Waals surface area contributed by atoms with Gasteiger partial charge >= 0.3 is 0 Å². The maximum atomic E-state index is 12.9. The summed E-state index contributed by atoms with van der Waals surface area (Å²) in [6.45, 7) is 6.86. The predicted molar refractivity (Wildman–Crippen MR) is 123 cm³/mol. The van der Waals surface area contributed by atoms with Crippen molar-refractivity contribution in [1.29, 1.82) is 0 Å². The molecule has 5 nitrogen and oxygen atoms in total. The van der Waals surface area contributed by atoms with Gasteiger partial charge in [0.2, 0.25) is 0 Å². The molecule has 1 N–H and O–H groups in total. The number of halogens is 1. The standard InChI is InChI=1S/C22H23BrN2O3S/c1-4-15-9-7-8-10-17(15)24-22-25(5-2)21(27)19(29-22)13-14-11-16(23)20(26)18(12-14)28-6-3/h7-13,26H,4-6H2,1-3H3/b19-13+,24-22?. The van der Waals surface area contributed by atoms with Crippen LogP contribution in [0.2, 0.25) is 0 Å². The fourth-order valence-corrected chi connectivity index (χ4v) is 4.50. The van der Waals surface area contributed by atoms with Gasteiger partial charge in [-0.25, -0.2) is 4.99 Å². The number of phenols is 1. The Hall–Kier alpha value is -2.25. The fraction of sp³-hybridized carbons (Fsp3) is 0.273. The van der Waals surface area contributed by atoms with Crippen LogP contribution in [0.15, 0.2) is 50.8 Å². The Morgan fingerprint density at radius 3 is 2.69 bits per heavy atom. The molecule has 0 spiro atoms. The second-order valence-electron chi connectivity index (χ2n) is 6.32. The average molecular weight is 475 g/mol. The molecule has 2 aromatic rings. The van der Waals surface area contributed by atoms with Crippen molar-refractivity contribution in [1.82, 2.24) is 4.90 Å². The topological polar surface area (TPSA) is 62.1 Å². The maximum absolute atomic E-state index is 12.9. The molecular formula is C22H23BrN2O3S. The van der Waals surface area contributed by atoms with Crippen molar-refractivity contribution in [2.45, 2.75) is 27.2 Å². The third-order valence-electron chi connectivity index (χ3n) is 4.44. The predicted octanol–water partition coefficient (Wildman–Crippen LogP) is 5.74. The first-order chi connectivity index (χ1) is 14.0. The highest BCUT2D eigenvalue weighted by Gasteiger charge is 2.32. The van der Waals surface area contributed by atoms with Gasteiger partial charge < -0.3 is 9.84 Å². The van der Waals surface area contributed by atoms with Gasteiger partial charge in [-0.05, 0) is 83.4 Å². The maximum Gasteiger partial charge on any atom is 0.266 e. The Balaban J connectivity index is 1.98. The van der Waals surface area contributed by atoms with Gasteiger partial charge in [0.25, 0.3) is 5.91 Å². The van der Waals surface area contributed by atoms with Crippen molar-refractivity contribution in [3.63, 3.8) is 0 Å². The van der Waals surface area contributed by atoms with E-state index in [1.807, 2.05) is 32.0 Å². The summed E-state index contributed by atoms with van der Waals surface area (Å²) in [5.74, 6) is 0.350. The number of benzene rings is 2. The highest BCUT2D eigenvalue weighted by atomic mass is 79.9. The number of aromatic hydroxyl groups is 1. The van der Waals surface area contributed by atoms with Crippen LogP contribution in [0.1, 0.15) is 31.9 Å². The first-order valence-electron chi connectivity index (χ1n) is 9.51. The van der Waals surface area contributed by atoms with Gasteiger partial charge in [-0.15, -0.1) is 0 Å². The molecule has 152 valence electrons. The summed E-state index contributed by atoms with van der Waals surface area (Å²) in [7, 11) is 0. The summed E-state index contributed by atoms with van der Waals surface area (Å²) in [5, 5.41) is 10.8. The van der Waals surface area contributed by atoms with Crippen molar-refractivity contribution in [3.8, 4) is 11.5 Å². The summed E-state index contributed by atoms with van der Waals surface area (Å²) < 4.78 is 6.00. The van der Waals surface area contributed by atoms with Crippen LogP contribution in [-0.2, 0) is 11.2 Å². The molecule has 2 aromatic carbocycles. The highest BCUT2D eigenvalue weighted by molar-refractivity contribution is 9.10. The summed E-state index contributed by atoms with van der Waals surface area (Å²) in [5.41, 5.74) is 2.79. The molecule has 29 heavy (non-hydrogen) atoms. The minimum absolute atomic E-state index is 0.0491. The van der Waals surface area contributed by atoms with Crippen LogP contribution in [-0.4, -0.2) is 34.2 Å². The quantitative estimate of drug-likeness (QED) is 0.542. The molecule has 0 atom stereocenters. The number of aliphatic imine (C=N–C) groups is 1. The molecule has 0 aliphatic carbocycles. The number of thioether (sulfide) groups is 1. The second-order valence-corrected chi connectivity index (χ2v) is 8.18. The monoisotopic (exact) mass is 474 g/mol. The molecule has 0 radical (unpaired) electrons. The molecule has 1 fully saturated rings. The molecule has 1 saturated heterocycles. The van der Waals surface area contributed by atoms with E-state index in [1.54, 1.807) is 23.1 Å². The number of likely N-dealkylation sites (N-methyl/N-ethyl adjacent to an activating group) is 1. The number of ether oxygens (including phenoxy) is 1. The SMILES string of the molecule is CCOc1cc(/C=C2/SC(=Nc3ccccc3CC)N(CC)C2=O)cc(Br)c1O. The van der Waals surface area contributed by atoms with Crippen LogP contribution in [0, 0.1) is 0 Å². The van der Waals surface area contributed by atoms with Crippen LogP contribution in [0.25, 0.3) is 6.08 Å². The van der Waals surface area contributed by atoms with Gasteiger partial charge in [-0.2, -0.15) is 0 Å². The lowest BCUT2D eigenvalue weighted by Gasteiger charge is -2.13. The van der Waals surface area contributed by atoms with E-state index in [2.05, 4.69) is 28.9 Å². The Morgan fingerprint density at radius 1 is 1.24 bits per heavy atom. The Bertz CT molecular complexity index is 988. The molecule has 1 aliphatic rings. The molecule has 1 aliphatic heterocycles. The minimum Gasteiger partial charge on any atom is -0.503 e. The molecule has 0 aromatic heterocycles. The van der Waals surface area contributed by atoms with E-state index in [1.165, 1.54) is 11.8 Å². The lowest BCUT2D eigenvalue weighted by Crippen LogP contribution is -2.28. The van der Waals surface area contributed by atoms with Crippen LogP contribution in [0.3, 0.4) is 0 Å². The number of hydrogen-bond donors (Lipinski definition) is 1. The smallest absolute Gasteiger partial charge is 0.266 e. The summed E-state index contributed by atoms with van der Waals surface area (Å²) in [6.07, 6.45) is 2.68. The first kappa shape index (κ1) is 21.5. The number of hydrogen-bond acceptors (Lipinski definition) is 5. The lowest BCUT2D eigenvalue weighted by atomic mass is 10.1. The summed E-state index contributed by atoms with van der Waals surface area (Å²) in [6, 6.07) is 11.5. The van der Waals surface area contributed by atoms with Gasteiger partial charge in [-0.1, -0.05) is 25.1 Å². The highest BCUT2D eigenvalue weighted by Crippen LogP contribution is 2.39. The molecular weight excluding hydrogens is 452 g/mol. The third kappa shape index (κ3) is 4.67. The van der Waals surface area contributed by atoms with Crippen LogP contribution in [0.5, 0.6) is 11.5 Å². The molecule has 1 amide bonds. The number of carbonyl (C=O) groups is 1. The lowest BCUT2D eigenvalue weighted by molar-refractivity contribution is -0.122. The van der Waals surface area contributed by atoms with Crippen molar-refractivity contribution in [2.75, 3.05) is 13.2 Å². The molecule has 0 bridgehead atoms. The third-order valence-corrected chi connectivity index (χ3v) is 6.05. The number of amidine groups is 1. The largest absolute Gasteiger partial charge is 0.503 e. The number of phenolic OH excluding ortho intramolecular Hbond substituents is 1. The van der Waals surface area contributed by atoms with Crippen molar-refractivity contribution >= 4 is 50.5 Å². The molecule has 0 unspecified atom stereocenters. The van der Waals surface area contributed by atoms with Gasteiger partial charge in [0.1, 0.15) is 0 Å². The molecule has 0 saturated carbocycles. The van der Waals surface area contributed by atoms with Gasteiger partial charge in [0.15, 0.2) is 16.7 Å². The number of rotatable bonds is 6. The number of para-hydroxylation sites is 1. The second kappa shape index (κ2) is 9.50. The van der Waals surface area contributed by atoms with E-state index in [-0.39, 0.29) is 11.7 Å². The number of nitrogens with zero attached hydrogens (tertiary/aromatic N) is 2. The Labute approximate surface area is 183 Å². The zero-order valence-electron chi connectivity index (χ0n) is 16.6. The van der Waals surface area contributed by atoms with E-state index >= 15 is 0 Å². The van der Waals surface area contributed by atoms with Crippen LogP contribution < -0.4 is 4.74 Å². The number of aryl methyl sites for hydroxylation is 1. The van der Waals surface area contributed by atoms with Crippen LogP contribution >= 0.6 is 27.7 Å². The summed E-state index contributed by atoms with van der Waals surface area (Å²) in [4.78, 5) is 20.0. The zero-order valence-corrected chi connectivity index (χ0v) is 19.0. The Kier molecular flexibility index (Phi) is 7.03. The first-order valence-corrected chi connectivity index (χ1v) is 11.1. The fourth-order valence-electron chi connectivity index (χ4n) is 2.99. The minimum atomic E-state index is -0.0765. The van der Waals surface area contributed by atoms with Crippen molar-refractivity contribution < 1.29 is 14.6 Å². The normalized spacial score (nSPS) is 16.8. The van der Waals surface area contributed by atoms with Crippen LogP contribution in [0.4, 0.5) is 5.69 Å². The number of amides is 1. The number of carbonyl (C=O) groups excluding carboxylic acids is 1. The Morgan fingerprint density at radius 2 is 2.00 bits per heavy atom. The molecule has 3 rings (SSSR count). The van der Waals surface area contributed by atoms with E-state index in [0.29, 0.717) is 33.4 Å². The van der Waals surface area contributed by atoms with E-state index < -0.39 is 0 Å². The average Bonchev–Trinajstić information content (AvgIpc) is 3.00. The van der Waals surface area contributed by atoms with Gasteiger partial charge in [0.05, 0.1) is 21.7 Å². The van der Waals surface area contributed by atoms with Gasteiger partial charge in [-0.3, -0.25) is 9.69 Å². The van der Waals surface area contributed by atoms with E-state index in [9.17, 15) is 9.90 Å². The summed E-state index contributed by atoms with van der Waals surface area (Å²) >= 11 is 4.70.